The highest BCUT2D eigenvalue weighted by Gasteiger charge is 2.38. The molecular formula is C14H27NO3. The van der Waals surface area contributed by atoms with Gasteiger partial charge in [0.15, 0.2) is 0 Å². The van der Waals surface area contributed by atoms with Crippen molar-refractivity contribution in [3.63, 3.8) is 0 Å². The van der Waals surface area contributed by atoms with Crippen LogP contribution in [0.15, 0.2) is 0 Å². The molecular weight excluding hydrogens is 230 g/mol. The lowest BCUT2D eigenvalue weighted by Crippen LogP contribution is -2.51. The number of rotatable bonds is 5. The van der Waals surface area contributed by atoms with E-state index in [1.807, 2.05) is 7.05 Å². The molecule has 0 atom stereocenters. The third-order valence-electron chi connectivity index (χ3n) is 4.70. The second kappa shape index (κ2) is 5.57. The van der Waals surface area contributed by atoms with E-state index in [9.17, 15) is 9.90 Å². The van der Waals surface area contributed by atoms with Crippen molar-refractivity contribution in [3.05, 3.63) is 0 Å². The lowest BCUT2D eigenvalue weighted by Gasteiger charge is -2.43. The fraction of sp³-hybridized carbons (Fsp3) is 0.929. The highest BCUT2D eigenvalue weighted by molar-refractivity contribution is 5.70. The Kier molecular flexibility index (Phi) is 4.78. The highest BCUT2D eigenvalue weighted by atomic mass is 16.4. The van der Waals surface area contributed by atoms with Crippen molar-refractivity contribution < 1.29 is 15.0 Å². The molecule has 4 heteroatoms. The number of β-amino-alcohol motifs (C(OH)–C–C–N with tert-alkyl or cyclic N) is 1. The number of likely N-dealkylation sites (N-methyl/N-ethyl adjacent to an activating group) is 1. The van der Waals surface area contributed by atoms with Gasteiger partial charge in [-0.3, -0.25) is 9.69 Å². The van der Waals surface area contributed by atoms with Gasteiger partial charge in [-0.25, -0.2) is 0 Å². The Morgan fingerprint density at radius 3 is 2.28 bits per heavy atom. The molecule has 0 aliphatic heterocycles. The molecule has 0 bridgehead atoms. The van der Waals surface area contributed by atoms with Gasteiger partial charge in [0.1, 0.15) is 0 Å². The van der Waals surface area contributed by atoms with Crippen molar-refractivity contribution in [2.45, 2.75) is 64.0 Å². The molecule has 106 valence electrons. The zero-order valence-corrected chi connectivity index (χ0v) is 12.1. The number of hydrogen-bond acceptors (Lipinski definition) is 3. The molecule has 1 saturated carbocycles. The predicted molar refractivity (Wildman–Crippen MR) is 71.5 cm³/mol. The van der Waals surface area contributed by atoms with Crippen LogP contribution < -0.4 is 0 Å². The molecule has 1 aliphatic carbocycles. The summed E-state index contributed by atoms with van der Waals surface area (Å²) in [6, 6.07) is 0. The van der Waals surface area contributed by atoms with Crippen LogP contribution in [0.2, 0.25) is 0 Å². The minimum Gasteiger partial charge on any atom is -0.481 e. The van der Waals surface area contributed by atoms with Crippen LogP contribution in [0.25, 0.3) is 0 Å². The monoisotopic (exact) mass is 257 g/mol. The van der Waals surface area contributed by atoms with E-state index in [2.05, 4.69) is 25.7 Å². The molecule has 2 N–H and O–H groups in total. The second-order valence-electron chi connectivity index (χ2n) is 6.36. The normalized spacial score (nSPS) is 29.6. The minimum absolute atomic E-state index is 0.0688. The first-order valence-corrected chi connectivity index (χ1v) is 6.86. The fourth-order valence-corrected chi connectivity index (χ4v) is 2.49. The van der Waals surface area contributed by atoms with Gasteiger partial charge < -0.3 is 10.2 Å². The SMILES string of the molecule is CCC(C)(C)N(C)CC1(O)CCC(C(=O)O)CC1. The van der Waals surface area contributed by atoms with E-state index in [0.717, 1.165) is 6.42 Å². The van der Waals surface area contributed by atoms with E-state index in [4.69, 9.17) is 5.11 Å². The fourth-order valence-electron chi connectivity index (χ4n) is 2.49. The maximum atomic E-state index is 10.9. The average Bonchev–Trinajstić information content (AvgIpc) is 2.29. The van der Waals surface area contributed by atoms with Gasteiger partial charge in [0.2, 0.25) is 0 Å². The van der Waals surface area contributed by atoms with Crippen LogP contribution in [-0.2, 0) is 4.79 Å². The summed E-state index contributed by atoms with van der Waals surface area (Å²) in [5.41, 5.74) is -0.646. The summed E-state index contributed by atoms with van der Waals surface area (Å²) in [5, 5.41) is 19.5. The van der Waals surface area contributed by atoms with Crippen molar-refractivity contribution in [2.75, 3.05) is 13.6 Å². The number of aliphatic carboxylic acids is 1. The quantitative estimate of drug-likeness (QED) is 0.792. The van der Waals surface area contributed by atoms with Crippen molar-refractivity contribution >= 4 is 5.97 Å². The van der Waals surface area contributed by atoms with E-state index in [0.29, 0.717) is 32.2 Å². The Bertz CT molecular complexity index is 293. The summed E-state index contributed by atoms with van der Waals surface area (Å²) in [7, 11) is 2.03. The zero-order valence-electron chi connectivity index (χ0n) is 12.1. The van der Waals surface area contributed by atoms with Crippen LogP contribution in [0, 0.1) is 5.92 Å². The molecule has 1 fully saturated rings. The molecule has 4 nitrogen and oxygen atoms in total. The molecule has 0 aromatic rings. The molecule has 0 radical (unpaired) electrons. The van der Waals surface area contributed by atoms with Gasteiger partial charge in [0.05, 0.1) is 11.5 Å². The third-order valence-corrected chi connectivity index (χ3v) is 4.70. The van der Waals surface area contributed by atoms with Crippen molar-refractivity contribution in [1.82, 2.24) is 4.90 Å². The molecule has 0 unspecified atom stereocenters. The number of aliphatic hydroxyl groups is 1. The highest BCUT2D eigenvalue weighted by Crippen LogP contribution is 2.34. The van der Waals surface area contributed by atoms with Gasteiger partial charge in [-0.1, -0.05) is 6.92 Å². The number of carboxylic acids is 1. The van der Waals surface area contributed by atoms with Crippen LogP contribution >= 0.6 is 0 Å². The van der Waals surface area contributed by atoms with Crippen LogP contribution in [0.5, 0.6) is 0 Å². The van der Waals surface area contributed by atoms with Gasteiger partial charge in [0, 0.05) is 12.1 Å². The third kappa shape index (κ3) is 3.69. The Morgan fingerprint density at radius 2 is 1.89 bits per heavy atom. The first-order valence-electron chi connectivity index (χ1n) is 6.86. The smallest absolute Gasteiger partial charge is 0.306 e. The van der Waals surface area contributed by atoms with Crippen molar-refractivity contribution in [3.8, 4) is 0 Å². The Morgan fingerprint density at radius 1 is 1.39 bits per heavy atom. The van der Waals surface area contributed by atoms with Gasteiger partial charge in [-0.15, -0.1) is 0 Å². The van der Waals surface area contributed by atoms with E-state index in [1.165, 1.54) is 0 Å². The summed E-state index contributed by atoms with van der Waals surface area (Å²) in [5.74, 6) is -0.992. The van der Waals surface area contributed by atoms with E-state index >= 15 is 0 Å². The van der Waals surface area contributed by atoms with Gasteiger partial charge >= 0.3 is 5.97 Å². The zero-order chi connectivity index (χ0) is 14.0. The Hall–Kier alpha value is -0.610. The van der Waals surface area contributed by atoms with Gasteiger partial charge in [-0.2, -0.15) is 0 Å². The first-order chi connectivity index (χ1) is 8.20. The Labute approximate surface area is 110 Å². The average molecular weight is 257 g/mol. The van der Waals surface area contributed by atoms with Crippen molar-refractivity contribution in [1.29, 1.82) is 0 Å². The van der Waals surface area contributed by atoms with E-state index in [-0.39, 0.29) is 11.5 Å². The minimum atomic E-state index is -0.723. The first kappa shape index (κ1) is 15.4. The largest absolute Gasteiger partial charge is 0.481 e. The topological polar surface area (TPSA) is 60.8 Å². The number of hydrogen-bond donors (Lipinski definition) is 2. The second-order valence-corrected chi connectivity index (χ2v) is 6.36. The summed E-state index contributed by atoms with van der Waals surface area (Å²) in [6.07, 6.45) is 3.39. The molecule has 0 aromatic heterocycles. The van der Waals surface area contributed by atoms with Crippen LogP contribution in [-0.4, -0.2) is 45.8 Å². The molecule has 0 spiro atoms. The van der Waals surface area contributed by atoms with Crippen LogP contribution in [0.4, 0.5) is 0 Å². The number of carbonyl (C=O) groups is 1. The standard InChI is InChI=1S/C14H27NO3/c1-5-13(2,3)15(4)10-14(18)8-6-11(7-9-14)12(16)17/h11,18H,5-10H2,1-4H3,(H,16,17). The van der Waals surface area contributed by atoms with Crippen LogP contribution in [0.3, 0.4) is 0 Å². The predicted octanol–water partition coefficient (Wildman–Crippen LogP) is 2.11. The lowest BCUT2D eigenvalue weighted by molar-refractivity contribution is -0.145. The molecule has 18 heavy (non-hydrogen) atoms. The molecule has 0 aromatic carbocycles. The molecule has 0 amide bonds. The summed E-state index contributed by atoms with van der Waals surface area (Å²) in [4.78, 5) is 13.1. The van der Waals surface area contributed by atoms with Crippen molar-refractivity contribution in [2.24, 2.45) is 5.92 Å². The molecule has 0 saturated heterocycles. The van der Waals surface area contributed by atoms with E-state index < -0.39 is 11.6 Å². The molecule has 1 rings (SSSR count). The van der Waals surface area contributed by atoms with Crippen LogP contribution in [0.1, 0.15) is 52.9 Å². The number of carboxylic acid groups (broad SMARTS) is 1. The Balaban J connectivity index is 2.55. The lowest BCUT2D eigenvalue weighted by atomic mass is 9.78. The molecule has 1 aliphatic rings. The van der Waals surface area contributed by atoms with Gasteiger partial charge in [0.25, 0.3) is 0 Å². The maximum Gasteiger partial charge on any atom is 0.306 e. The maximum absolute atomic E-state index is 10.9. The van der Waals surface area contributed by atoms with Gasteiger partial charge in [-0.05, 0) is 53.0 Å². The van der Waals surface area contributed by atoms with E-state index in [1.54, 1.807) is 0 Å². The summed E-state index contributed by atoms with van der Waals surface area (Å²) in [6.45, 7) is 7.10. The summed E-state index contributed by atoms with van der Waals surface area (Å²) >= 11 is 0. The summed E-state index contributed by atoms with van der Waals surface area (Å²) < 4.78 is 0. The number of nitrogens with zero attached hydrogens (tertiary/aromatic N) is 1. The molecule has 0 heterocycles.